The maximum atomic E-state index is 13.4. The molecule has 1 aromatic heterocycles. The quantitative estimate of drug-likeness (QED) is 0.607. The van der Waals surface area contributed by atoms with E-state index in [0.717, 1.165) is 17.7 Å². The summed E-state index contributed by atoms with van der Waals surface area (Å²) in [7, 11) is 0. The first-order valence-electron chi connectivity index (χ1n) is 11.5. The van der Waals surface area contributed by atoms with Crippen molar-refractivity contribution in [3.63, 3.8) is 0 Å². The number of carbonyl (C=O) groups is 2. The van der Waals surface area contributed by atoms with Gasteiger partial charge in [-0.25, -0.2) is 0 Å². The molecule has 7 heteroatoms. The lowest BCUT2D eigenvalue weighted by Crippen LogP contribution is -2.42. The Hall–Kier alpha value is -3.45. The van der Waals surface area contributed by atoms with Crippen molar-refractivity contribution in [2.24, 2.45) is 0 Å². The molecule has 0 atom stereocenters. The molecule has 3 aromatic rings. The van der Waals surface area contributed by atoms with Gasteiger partial charge in [-0.05, 0) is 24.1 Å². The molecule has 0 radical (unpaired) electrons. The fraction of sp³-hybridized carbons (Fsp3) is 0.346. The van der Waals surface area contributed by atoms with Crippen molar-refractivity contribution in [2.45, 2.75) is 25.9 Å². The first-order valence-corrected chi connectivity index (χ1v) is 11.5. The van der Waals surface area contributed by atoms with E-state index in [2.05, 4.69) is 12.1 Å². The minimum Gasteiger partial charge on any atom is -0.378 e. The molecule has 2 aliphatic rings. The molecule has 2 aromatic carbocycles. The third-order valence-electron chi connectivity index (χ3n) is 6.40. The van der Waals surface area contributed by atoms with Crippen LogP contribution in [0.2, 0.25) is 0 Å². The maximum Gasteiger partial charge on any atom is 0.274 e. The van der Waals surface area contributed by atoms with Crippen molar-refractivity contribution in [1.82, 2.24) is 19.6 Å². The normalized spacial score (nSPS) is 15.9. The van der Waals surface area contributed by atoms with E-state index in [1.807, 2.05) is 63.0 Å². The number of fused-ring (bicyclic) bond motifs is 1. The van der Waals surface area contributed by atoms with E-state index in [0.29, 0.717) is 63.6 Å². The Morgan fingerprint density at radius 2 is 1.55 bits per heavy atom. The number of amides is 2. The molecule has 5 rings (SSSR count). The summed E-state index contributed by atoms with van der Waals surface area (Å²) >= 11 is 0. The van der Waals surface area contributed by atoms with Crippen molar-refractivity contribution in [2.75, 3.05) is 32.8 Å². The van der Waals surface area contributed by atoms with Crippen molar-refractivity contribution in [3.8, 4) is 0 Å². The van der Waals surface area contributed by atoms with Gasteiger partial charge in [0, 0.05) is 49.4 Å². The van der Waals surface area contributed by atoms with Gasteiger partial charge in [-0.1, -0.05) is 48.5 Å². The van der Waals surface area contributed by atoms with Crippen LogP contribution in [0.4, 0.5) is 0 Å². The molecule has 0 bridgehead atoms. The predicted octanol–water partition coefficient (Wildman–Crippen LogP) is 2.80. The maximum absolute atomic E-state index is 13.4. The Labute approximate surface area is 193 Å². The fourth-order valence-corrected chi connectivity index (χ4v) is 4.58. The predicted molar refractivity (Wildman–Crippen MR) is 124 cm³/mol. The molecule has 2 amide bonds. The largest absolute Gasteiger partial charge is 0.378 e. The van der Waals surface area contributed by atoms with Gasteiger partial charge in [0.05, 0.1) is 19.8 Å². The van der Waals surface area contributed by atoms with Gasteiger partial charge in [0.15, 0.2) is 5.69 Å². The lowest BCUT2D eigenvalue weighted by molar-refractivity contribution is 0.0296. The first kappa shape index (κ1) is 21.4. The Morgan fingerprint density at radius 3 is 2.27 bits per heavy atom. The number of aryl methyl sites for hydroxylation is 2. The molecule has 0 aliphatic carbocycles. The van der Waals surface area contributed by atoms with Crippen molar-refractivity contribution in [1.29, 1.82) is 0 Å². The third kappa shape index (κ3) is 4.54. The summed E-state index contributed by atoms with van der Waals surface area (Å²) in [5.74, 6) is -0.0786. The van der Waals surface area contributed by atoms with Crippen LogP contribution in [0.5, 0.6) is 0 Å². The summed E-state index contributed by atoms with van der Waals surface area (Å²) in [6.07, 6.45) is 1.53. The van der Waals surface area contributed by atoms with Gasteiger partial charge in [0.1, 0.15) is 0 Å². The van der Waals surface area contributed by atoms with E-state index in [9.17, 15) is 9.59 Å². The summed E-state index contributed by atoms with van der Waals surface area (Å²) in [5, 5.41) is 4.80. The van der Waals surface area contributed by atoms with Gasteiger partial charge < -0.3 is 14.5 Å². The van der Waals surface area contributed by atoms with Crippen LogP contribution in [-0.4, -0.2) is 64.2 Å². The molecule has 0 unspecified atom stereocenters. The zero-order valence-electron chi connectivity index (χ0n) is 18.7. The van der Waals surface area contributed by atoms with Crippen LogP contribution < -0.4 is 0 Å². The third-order valence-corrected chi connectivity index (χ3v) is 6.40. The fourth-order valence-electron chi connectivity index (χ4n) is 4.58. The van der Waals surface area contributed by atoms with E-state index in [1.165, 1.54) is 5.56 Å². The van der Waals surface area contributed by atoms with Crippen LogP contribution in [0.1, 0.15) is 37.7 Å². The van der Waals surface area contributed by atoms with E-state index in [1.54, 1.807) is 0 Å². The molecule has 0 spiro atoms. The van der Waals surface area contributed by atoms with Crippen LogP contribution in [0.15, 0.2) is 60.7 Å². The molecule has 3 heterocycles. The molecule has 0 saturated carbocycles. The second-order valence-electron chi connectivity index (χ2n) is 8.48. The number of ether oxygens (including phenoxy) is 1. The van der Waals surface area contributed by atoms with E-state index in [-0.39, 0.29) is 11.8 Å². The summed E-state index contributed by atoms with van der Waals surface area (Å²) in [5.41, 5.74) is 4.33. The molecule has 33 heavy (non-hydrogen) atoms. The van der Waals surface area contributed by atoms with E-state index in [4.69, 9.17) is 9.84 Å². The van der Waals surface area contributed by atoms with Gasteiger partial charge >= 0.3 is 0 Å². The van der Waals surface area contributed by atoms with E-state index >= 15 is 0 Å². The average Bonchev–Trinajstić information content (AvgIpc) is 3.26. The lowest BCUT2D eigenvalue weighted by Gasteiger charge is -2.29. The molecule has 1 saturated heterocycles. The lowest BCUT2D eigenvalue weighted by atomic mass is 10.0. The average molecular weight is 445 g/mol. The second kappa shape index (κ2) is 9.58. The summed E-state index contributed by atoms with van der Waals surface area (Å²) in [6, 6.07) is 19.6. The van der Waals surface area contributed by atoms with Crippen molar-refractivity contribution >= 4 is 11.8 Å². The molecule has 170 valence electrons. The number of benzene rings is 2. The van der Waals surface area contributed by atoms with Crippen LogP contribution in [0.25, 0.3) is 0 Å². The van der Waals surface area contributed by atoms with Gasteiger partial charge in [-0.3, -0.25) is 14.3 Å². The van der Waals surface area contributed by atoms with Gasteiger partial charge in [0.25, 0.3) is 11.8 Å². The Kier molecular flexibility index (Phi) is 6.21. The number of morpholine rings is 1. The summed E-state index contributed by atoms with van der Waals surface area (Å²) in [6.45, 7) is 3.94. The number of carbonyl (C=O) groups excluding carboxylic acids is 2. The Bertz CT molecular complexity index is 1120. The molecular weight excluding hydrogens is 416 g/mol. The van der Waals surface area contributed by atoms with Crippen LogP contribution in [-0.2, 0) is 30.7 Å². The second-order valence-corrected chi connectivity index (χ2v) is 8.48. The molecule has 2 aliphatic heterocycles. The van der Waals surface area contributed by atoms with Crippen molar-refractivity contribution < 1.29 is 14.3 Å². The number of hydrogen-bond donors (Lipinski definition) is 0. The number of hydrogen-bond acceptors (Lipinski definition) is 4. The summed E-state index contributed by atoms with van der Waals surface area (Å²) < 4.78 is 7.40. The molecular formula is C26H28N4O3. The highest BCUT2D eigenvalue weighted by Crippen LogP contribution is 2.26. The highest BCUT2D eigenvalue weighted by molar-refractivity contribution is 5.96. The van der Waals surface area contributed by atoms with Crippen LogP contribution in [0.3, 0.4) is 0 Å². The number of nitrogens with zero attached hydrogens (tertiary/aromatic N) is 4. The zero-order chi connectivity index (χ0) is 22.6. The topological polar surface area (TPSA) is 67.7 Å². The standard InChI is InChI=1S/C26H28N4O3/c31-25(21-9-5-2-6-10-21)29-13-12-23-22(19-29)24(26(32)28-15-17-33-18-16-28)27-30(23)14-11-20-7-3-1-4-8-20/h1-10H,11-19H2. The molecule has 7 nitrogen and oxygen atoms in total. The first-order chi connectivity index (χ1) is 16.2. The molecule has 0 N–H and O–H groups in total. The highest BCUT2D eigenvalue weighted by atomic mass is 16.5. The smallest absolute Gasteiger partial charge is 0.274 e. The zero-order valence-corrected chi connectivity index (χ0v) is 18.7. The number of rotatable bonds is 5. The van der Waals surface area contributed by atoms with Crippen LogP contribution in [0, 0.1) is 0 Å². The SMILES string of the molecule is O=C(c1ccccc1)N1CCc2c(c(C(=O)N3CCOCC3)nn2CCc2ccccc2)C1. The van der Waals surface area contributed by atoms with Gasteiger partial charge in [-0.2, -0.15) is 5.10 Å². The van der Waals surface area contributed by atoms with Crippen LogP contribution >= 0.6 is 0 Å². The Balaban J connectivity index is 1.43. The minimum absolute atomic E-state index is 0.0111. The molecule has 1 fully saturated rings. The van der Waals surface area contributed by atoms with Gasteiger partial charge in [-0.15, -0.1) is 0 Å². The minimum atomic E-state index is -0.0676. The Morgan fingerprint density at radius 1 is 0.848 bits per heavy atom. The number of aromatic nitrogens is 2. The van der Waals surface area contributed by atoms with Gasteiger partial charge in [0.2, 0.25) is 0 Å². The highest BCUT2D eigenvalue weighted by Gasteiger charge is 2.32. The van der Waals surface area contributed by atoms with Crippen molar-refractivity contribution in [3.05, 3.63) is 88.7 Å². The van der Waals surface area contributed by atoms with E-state index < -0.39 is 0 Å². The monoisotopic (exact) mass is 444 g/mol. The summed E-state index contributed by atoms with van der Waals surface area (Å²) in [4.78, 5) is 30.1.